The number of nitrogens with one attached hydrogen (secondary N) is 2. The van der Waals surface area contributed by atoms with Gasteiger partial charge in [0.2, 0.25) is 0 Å². The number of anilines is 2. The van der Waals surface area contributed by atoms with Gasteiger partial charge in [0.05, 0.1) is 10.0 Å². The summed E-state index contributed by atoms with van der Waals surface area (Å²) in [5.74, 6) is 0.273. The van der Waals surface area contributed by atoms with Crippen LogP contribution in [0.3, 0.4) is 0 Å². The Morgan fingerprint density at radius 3 is 2.21 bits per heavy atom. The summed E-state index contributed by atoms with van der Waals surface area (Å²) in [6.45, 7) is 6.99. The minimum atomic E-state index is 0.273. The second-order valence-corrected chi connectivity index (χ2v) is 9.48. The Kier molecular flexibility index (Phi) is 7.49. The second-order valence-electron chi connectivity index (χ2n) is 8.67. The van der Waals surface area contributed by atoms with E-state index in [-0.39, 0.29) is 5.75 Å². The maximum atomic E-state index is 10.3. The van der Waals surface area contributed by atoms with E-state index in [9.17, 15) is 5.11 Å². The maximum Gasteiger partial charge on any atom is 0.120 e. The molecule has 33 heavy (non-hydrogen) atoms. The second kappa shape index (κ2) is 10.5. The first-order chi connectivity index (χ1) is 15.9. The Balaban J connectivity index is 1.40. The van der Waals surface area contributed by atoms with Gasteiger partial charge in [-0.3, -0.25) is 0 Å². The van der Waals surface area contributed by atoms with E-state index in [1.54, 1.807) is 12.1 Å². The molecule has 2 atom stereocenters. The van der Waals surface area contributed by atoms with Crippen LogP contribution in [0.15, 0.2) is 60.7 Å². The van der Waals surface area contributed by atoms with Crippen molar-refractivity contribution in [1.29, 1.82) is 0 Å². The van der Waals surface area contributed by atoms with E-state index in [1.165, 1.54) is 5.69 Å². The molecule has 1 heterocycles. The molecule has 0 bridgehead atoms. The van der Waals surface area contributed by atoms with Crippen molar-refractivity contribution in [2.75, 3.05) is 23.3 Å². The van der Waals surface area contributed by atoms with Gasteiger partial charge < -0.3 is 20.6 Å². The highest BCUT2D eigenvalue weighted by molar-refractivity contribution is 6.42. The lowest BCUT2D eigenvalue weighted by Gasteiger charge is -2.37. The highest BCUT2D eigenvalue weighted by Crippen LogP contribution is 2.26. The predicted molar refractivity (Wildman–Crippen MR) is 142 cm³/mol. The molecule has 1 aliphatic heterocycles. The summed E-state index contributed by atoms with van der Waals surface area (Å²) in [6.07, 6.45) is 3.97. The molecule has 1 saturated heterocycles. The van der Waals surface area contributed by atoms with Crippen LogP contribution in [0.1, 0.15) is 30.5 Å². The van der Waals surface area contributed by atoms with Gasteiger partial charge in [0, 0.05) is 48.7 Å². The minimum Gasteiger partial charge on any atom is -0.508 e. The fourth-order valence-electron chi connectivity index (χ4n) is 4.18. The average molecular weight is 482 g/mol. The van der Waals surface area contributed by atoms with E-state index in [1.807, 2.05) is 36.4 Å². The van der Waals surface area contributed by atoms with Crippen LogP contribution in [0.2, 0.25) is 10.0 Å². The standard InChI is InChI=1S/C27H29Cl2N3O/c1-18-16-32(17-19(2)31-18)24-9-7-23(8-10-24)30-15-22-13-20(6-12-27(22)33)3-4-21-5-11-25(28)26(29)14-21/h3-14,18-19,30-31,33H,15-17H2,1-2H3/b4-3+. The number of hydrogen-bond donors (Lipinski definition) is 3. The van der Waals surface area contributed by atoms with Gasteiger partial charge in [-0.05, 0) is 73.5 Å². The number of halogens is 2. The van der Waals surface area contributed by atoms with Crippen LogP contribution in [0.25, 0.3) is 12.2 Å². The van der Waals surface area contributed by atoms with Crippen molar-refractivity contribution in [3.05, 3.63) is 87.4 Å². The highest BCUT2D eigenvalue weighted by atomic mass is 35.5. The van der Waals surface area contributed by atoms with Crippen LogP contribution in [0, 0.1) is 0 Å². The zero-order valence-corrected chi connectivity index (χ0v) is 20.4. The summed E-state index contributed by atoms with van der Waals surface area (Å²) < 4.78 is 0. The molecule has 0 radical (unpaired) electrons. The Bertz CT molecular complexity index is 1120. The topological polar surface area (TPSA) is 47.5 Å². The van der Waals surface area contributed by atoms with Gasteiger partial charge in [0.25, 0.3) is 0 Å². The van der Waals surface area contributed by atoms with Crippen molar-refractivity contribution in [1.82, 2.24) is 5.32 Å². The van der Waals surface area contributed by atoms with Crippen molar-refractivity contribution < 1.29 is 5.11 Å². The largest absolute Gasteiger partial charge is 0.508 e. The minimum absolute atomic E-state index is 0.273. The van der Waals surface area contributed by atoms with Crippen LogP contribution in [0.5, 0.6) is 5.75 Å². The molecule has 4 nitrogen and oxygen atoms in total. The third kappa shape index (κ3) is 6.23. The number of aromatic hydroxyl groups is 1. The number of rotatable bonds is 6. The van der Waals surface area contributed by atoms with Gasteiger partial charge >= 0.3 is 0 Å². The molecular weight excluding hydrogens is 453 g/mol. The molecule has 2 unspecified atom stereocenters. The maximum absolute atomic E-state index is 10.3. The fourth-order valence-corrected chi connectivity index (χ4v) is 4.49. The summed E-state index contributed by atoms with van der Waals surface area (Å²) >= 11 is 12.1. The summed E-state index contributed by atoms with van der Waals surface area (Å²) in [5, 5.41) is 18.4. The van der Waals surface area contributed by atoms with Gasteiger partial charge in [-0.1, -0.05) is 47.5 Å². The highest BCUT2D eigenvalue weighted by Gasteiger charge is 2.20. The molecule has 3 N–H and O–H groups in total. The van der Waals surface area contributed by atoms with Crippen LogP contribution in [0.4, 0.5) is 11.4 Å². The number of piperazine rings is 1. The third-order valence-electron chi connectivity index (χ3n) is 5.79. The first-order valence-corrected chi connectivity index (χ1v) is 11.9. The molecule has 4 rings (SSSR count). The van der Waals surface area contributed by atoms with E-state index >= 15 is 0 Å². The number of hydrogen-bond acceptors (Lipinski definition) is 4. The van der Waals surface area contributed by atoms with Gasteiger partial charge in [-0.25, -0.2) is 0 Å². The summed E-state index contributed by atoms with van der Waals surface area (Å²) in [5.41, 5.74) is 5.04. The number of nitrogens with zero attached hydrogens (tertiary/aromatic N) is 1. The molecule has 3 aromatic rings. The van der Waals surface area contributed by atoms with E-state index in [0.717, 1.165) is 35.5 Å². The number of phenols is 1. The zero-order chi connectivity index (χ0) is 23.4. The SMILES string of the molecule is CC1CN(c2ccc(NCc3cc(/C=C/c4ccc(Cl)c(Cl)c4)ccc3O)cc2)CC(C)N1. The lowest BCUT2D eigenvalue weighted by molar-refractivity contribution is 0.407. The van der Waals surface area contributed by atoms with Crippen LogP contribution in [-0.4, -0.2) is 30.3 Å². The molecular formula is C27H29Cl2N3O. The molecule has 6 heteroatoms. The molecule has 1 aliphatic rings. The Morgan fingerprint density at radius 2 is 1.55 bits per heavy atom. The van der Waals surface area contributed by atoms with Crippen molar-refractivity contribution >= 4 is 46.7 Å². The average Bonchev–Trinajstić information content (AvgIpc) is 2.79. The molecule has 172 valence electrons. The summed E-state index contributed by atoms with van der Waals surface area (Å²) in [6, 6.07) is 20.6. The number of phenolic OH excluding ortho intramolecular Hbond substituents is 1. The third-order valence-corrected chi connectivity index (χ3v) is 6.53. The molecule has 3 aromatic carbocycles. The Hall–Kier alpha value is -2.66. The quantitative estimate of drug-likeness (QED) is 0.344. The first kappa shape index (κ1) is 23.5. The van der Waals surface area contributed by atoms with Crippen molar-refractivity contribution in [3.63, 3.8) is 0 Å². The van der Waals surface area contributed by atoms with Crippen molar-refractivity contribution in [2.45, 2.75) is 32.5 Å². The molecule has 0 aliphatic carbocycles. The normalized spacial score (nSPS) is 18.6. The van der Waals surface area contributed by atoms with Gasteiger partial charge in [0.15, 0.2) is 0 Å². The van der Waals surface area contributed by atoms with E-state index in [4.69, 9.17) is 23.2 Å². The van der Waals surface area contributed by atoms with Gasteiger partial charge in [-0.2, -0.15) is 0 Å². The first-order valence-electron chi connectivity index (χ1n) is 11.2. The predicted octanol–water partition coefficient (Wildman–Crippen LogP) is 6.67. The molecule has 0 amide bonds. The fraction of sp³-hybridized carbons (Fsp3) is 0.259. The lowest BCUT2D eigenvalue weighted by Crippen LogP contribution is -2.54. The zero-order valence-electron chi connectivity index (χ0n) is 18.9. The van der Waals surface area contributed by atoms with Gasteiger partial charge in [0.1, 0.15) is 5.75 Å². The van der Waals surface area contributed by atoms with Crippen LogP contribution >= 0.6 is 23.2 Å². The smallest absolute Gasteiger partial charge is 0.120 e. The summed E-state index contributed by atoms with van der Waals surface area (Å²) in [4.78, 5) is 2.42. The van der Waals surface area contributed by atoms with Crippen LogP contribution < -0.4 is 15.5 Å². The molecule has 0 saturated carbocycles. The van der Waals surface area contributed by atoms with Crippen molar-refractivity contribution in [2.24, 2.45) is 0 Å². The van der Waals surface area contributed by atoms with Gasteiger partial charge in [-0.15, -0.1) is 0 Å². The molecule has 0 spiro atoms. The van der Waals surface area contributed by atoms with E-state index in [0.29, 0.717) is 28.7 Å². The van der Waals surface area contributed by atoms with E-state index < -0.39 is 0 Å². The molecule has 1 fully saturated rings. The Labute approximate surface area is 205 Å². The van der Waals surface area contributed by atoms with E-state index in [2.05, 4.69) is 53.6 Å². The Morgan fingerprint density at radius 1 is 0.909 bits per heavy atom. The monoisotopic (exact) mass is 481 g/mol. The summed E-state index contributed by atoms with van der Waals surface area (Å²) in [7, 11) is 0. The lowest BCUT2D eigenvalue weighted by atomic mass is 10.1. The number of benzene rings is 3. The molecule has 0 aromatic heterocycles. The van der Waals surface area contributed by atoms with Crippen LogP contribution in [-0.2, 0) is 6.54 Å². The van der Waals surface area contributed by atoms with Crippen molar-refractivity contribution in [3.8, 4) is 5.75 Å².